The number of halogens is 1. The van der Waals surface area contributed by atoms with Gasteiger partial charge in [-0.15, -0.1) is 0 Å². The maximum atomic E-state index is 11.9. The van der Waals surface area contributed by atoms with E-state index in [4.69, 9.17) is 16.3 Å². The van der Waals surface area contributed by atoms with Gasteiger partial charge in [-0.3, -0.25) is 9.59 Å². The van der Waals surface area contributed by atoms with E-state index in [0.29, 0.717) is 31.1 Å². The van der Waals surface area contributed by atoms with Crippen molar-refractivity contribution in [2.24, 2.45) is 0 Å². The van der Waals surface area contributed by atoms with Crippen molar-refractivity contribution in [3.05, 3.63) is 34.9 Å². The minimum atomic E-state index is -0.0421. The molecule has 0 spiro atoms. The Morgan fingerprint density at radius 2 is 2.21 bits per heavy atom. The molecule has 1 aliphatic heterocycles. The van der Waals surface area contributed by atoms with E-state index in [9.17, 15) is 9.59 Å². The Bertz CT molecular complexity index is 559. The Morgan fingerprint density at radius 1 is 1.38 bits per heavy atom. The van der Waals surface area contributed by atoms with Crippen molar-refractivity contribution in [2.75, 3.05) is 26.2 Å². The van der Waals surface area contributed by atoms with Gasteiger partial charge in [0.2, 0.25) is 11.8 Å². The molecular weight excluding hydrogens is 328 g/mol. The summed E-state index contributed by atoms with van der Waals surface area (Å²) in [5.41, 5.74) is 1.08. The molecule has 1 fully saturated rings. The maximum absolute atomic E-state index is 11.9. The summed E-state index contributed by atoms with van der Waals surface area (Å²) in [6, 6.07) is 7.60. The summed E-state index contributed by atoms with van der Waals surface area (Å²) in [4.78, 5) is 25.4. The van der Waals surface area contributed by atoms with Gasteiger partial charge < -0.3 is 15.0 Å². The number of rotatable bonds is 8. The van der Waals surface area contributed by atoms with Gasteiger partial charge in [0.05, 0.1) is 6.10 Å². The van der Waals surface area contributed by atoms with E-state index in [1.54, 1.807) is 4.90 Å². The first-order chi connectivity index (χ1) is 11.5. The normalized spacial score (nSPS) is 16.8. The zero-order valence-corrected chi connectivity index (χ0v) is 14.8. The second-order valence-electron chi connectivity index (χ2n) is 6.08. The first kappa shape index (κ1) is 18.7. The van der Waals surface area contributed by atoms with Crippen LogP contribution in [0.4, 0.5) is 0 Å². The average molecular weight is 353 g/mol. The summed E-state index contributed by atoms with van der Waals surface area (Å²) in [7, 11) is 0. The van der Waals surface area contributed by atoms with Crippen LogP contribution in [0, 0.1) is 0 Å². The molecule has 0 saturated carbocycles. The third-order valence-corrected chi connectivity index (χ3v) is 4.40. The van der Waals surface area contributed by atoms with Crippen molar-refractivity contribution in [3.63, 3.8) is 0 Å². The average Bonchev–Trinajstić information content (AvgIpc) is 3.06. The number of nitrogens with one attached hydrogen (secondary N) is 1. The topological polar surface area (TPSA) is 58.6 Å². The number of nitrogens with zero attached hydrogens (tertiary/aromatic N) is 1. The third kappa shape index (κ3) is 6.49. The fraction of sp³-hybridized carbons (Fsp3) is 0.556. The van der Waals surface area contributed by atoms with Crippen LogP contribution in [0.2, 0.25) is 5.02 Å². The van der Waals surface area contributed by atoms with E-state index in [1.165, 1.54) is 6.92 Å². The van der Waals surface area contributed by atoms with Gasteiger partial charge in [-0.25, -0.2) is 0 Å². The van der Waals surface area contributed by atoms with E-state index in [1.807, 2.05) is 24.3 Å². The first-order valence-electron chi connectivity index (χ1n) is 8.43. The SMILES string of the molecule is CC(=O)N(CCC(=O)NCC1CCCO1)CCc1cccc(Cl)c1. The number of ether oxygens (including phenoxy) is 1. The van der Waals surface area contributed by atoms with Crippen LogP contribution in [-0.4, -0.2) is 49.1 Å². The molecular formula is C18H25ClN2O3. The molecule has 132 valence electrons. The van der Waals surface area contributed by atoms with E-state index in [2.05, 4.69) is 5.32 Å². The Kier molecular flexibility index (Phi) is 7.53. The second kappa shape index (κ2) is 9.64. The van der Waals surface area contributed by atoms with Crippen LogP contribution in [0.5, 0.6) is 0 Å². The van der Waals surface area contributed by atoms with Gasteiger partial charge >= 0.3 is 0 Å². The zero-order chi connectivity index (χ0) is 17.4. The molecule has 0 aromatic heterocycles. The molecule has 2 amide bonds. The van der Waals surface area contributed by atoms with Crippen LogP contribution >= 0.6 is 11.6 Å². The molecule has 1 unspecified atom stereocenters. The van der Waals surface area contributed by atoms with Crippen molar-refractivity contribution in [2.45, 2.75) is 38.7 Å². The van der Waals surface area contributed by atoms with Crippen LogP contribution in [0.25, 0.3) is 0 Å². The number of amides is 2. The molecule has 2 rings (SSSR count). The summed E-state index contributed by atoms with van der Waals surface area (Å²) in [6.07, 6.45) is 3.22. The van der Waals surface area contributed by atoms with Gasteiger partial charge in [0.1, 0.15) is 0 Å². The Morgan fingerprint density at radius 3 is 2.88 bits per heavy atom. The largest absolute Gasteiger partial charge is 0.376 e. The van der Waals surface area contributed by atoms with Crippen LogP contribution in [-0.2, 0) is 20.7 Å². The number of carbonyl (C=O) groups is 2. The van der Waals surface area contributed by atoms with Crippen LogP contribution in [0.3, 0.4) is 0 Å². The van der Waals surface area contributed by atoms with E-state index in [-0.39, 0.29) is 17.9 Å². The van der Waals surface area contributed by atoms with Crippen molar-refractivity contribution >= 4 is 23.4 Å². The highest BCUT2D eigenvalue weighted by atomic mass is 35.5. The number of carbonyl (C=O) groups excluding carboxylic acids is 2. The van der Waals surface area contributed by atoms with Crippen LogP contribution in [0.15, 0.2) is 24.3 Å². The molecule has 1 atom stereocenters. The fourth-order valence-electron chi connectivity index (χ4n) is 2.74. The van der Waals surface area contributed by atoms with Crippen molar-refractivity contribution in [1.29, 1.82) is 0 Å². The van der Waals surface area contributed by atoms with Crippen molar-refractivity contribution in [1.82, 2.24) is 10.2 Å². The third-order valence-electron chi connectivity index (χ3n) is 4.16. The van der Waals surface area contributed by atoms with E-state index < -0.39 is 0 Å². The van der Waals surface area contributed by atoms with Crippen LogP contribution in [0.1, 0.15) is 31.7 Å². The summed E-state index contributed by atoms with van der Waals surface area (Å²) in [5, 5.41) is 3.57. The Balaban J connectivity index is 1.72. The lowest BCUT2D eigenvalue weighted by molar-refractivity contribution is -0.129. The lowest BCUT2D eigenvalue weighted by Gasteiger charge is -2.21. The summed E-state index contributed by atoms with van der Waals surface area (Å²) in [6.45, 7) is 3.87. The van der Waals surface area contributed by atoms with Gasteiger partial charge in [-0.1, -0.05) is 23.7 Å². The van der Waals surface area contributed by atoms with Crippen molar-refractivity contribution < 1.29 is 14.3 Å². The molecule has 1 aromatic rings. The standard InChI is InChI=1S/C18H25ClN2O3/c1-14(22)21(9-7-15-4-2-5-16(19)12-15)10-8-18(23)20-13-17-6-3-11-24-17/h2,4-5,12,17H,3,6-11,13H2,1H3,(H,20,23). The zero-order valence-electron chi connectivity index (χ0n) is 14.1. The van der Waals surface area contributed by atoms with Gasteiger partial charge in [0.25, 0.3) is 0 Å². The predicted molar refractivity (Wildman–Crippen MR) is 94.0 cm³/mol. The highest BCUT2D eigenvalue weighted by molar-refractivity contribution is 6.30. The van der Waals surface area contributed by atoms with E-state index in [0.717, 1.165) is 31.4 Å². The Hall–Kier alpha value is -1.59. The molecule has 1 aromatic carbocycles. The second-order valence-corrected chi connectivity index (χ2v) is 6.51. The Labute approximate surface area is 148 Å². The lowest BCUT2D eigenvalue weighted by Crippen LogP contribution is -2.37. The molecule has 1 aliphatic rings. The van der Waals surface area contributed by atoms with E-state index >= 15 is 0 Å². The van der Waals surface area contributed by atoms with Gasteiger partial charge in [0.15, 0.2) is 0 Å². The summed E-state index contributed by atoms with van der Waals surface area (Å²) >= 11 is 5.97. The lowest BCUT2D eigenvalue weighted by atomic mass is 10.1. The minimum absolute atomic E-state index is 0.0241. The monoisotopic (exact) mass is 352 g/mol. The van der Waals surface area contributed by atoms with Crippen LogP contribution < -0.4 is 5.32 Å². The number of hydrogen-bond acceptors (Lipinski definition) is 3. The van der Waals surface area contributed by atoms with Crippen molar-refractivity contribution in [3.8, 4) is 0 Å². The quantitative estimate of drug-likeness (QED) is 0.781. The molecule has 5 nitrogen and oxygen atoms in total. The van der Waals surface area contributed by atoms with Gasteiger partial charge in [-0.2, -0.15) is 0 Å². The predicted octanol–water partition coefficient (Wildman–Crippen LogP) is 2.42. The smallest absolute Gasteiger partial charge is 0.221 e. The molecule has 1 heterocycles. The maximum Gasteiger partial charge on any atom is 0.221 e. The molecule has 0 radical (unpaired) electrons. The fourth-order valence-corrected chi connectivity index (χ4v) is 2.95. The molecule has 24 heavy (non-hydrogen) atoms. The number of benzene rings is 1. The molecule has 6 heteroatoms. The molecule has 0 aliphatic carbocycles. The molecule has 0 bridgehead atoms. The molecule has 1 N–H and O–H groups in total. The highest BCUT2D eigenvalue weighted by Gasteiger charge is 2.17. The van der Waals surface area contributed by atoms with Gasteiger partial charge in [-0.05, 0) is 37.0 Å². The minimum Gasteiger partial charge on any atom is -0.376 e. The number of hydrogen-bond donors (Lipinski definition) is 1. The highest BCUT2D eigenvalue weighted by Crippen LogP contribution is 2.12. The summed E-state index contributed by atoms with van der Waals surface area (Å²) in [5.74, 6) is -0.0662. The first-order valence-corrected chi connectivity index (χ1v) is 8.80. The van der Waals surface area contributed by atoms with Gasteiger partial charge in [0, 0.05) is 44.6 Å². The summed E-state index contributed by atoms with van der Waals surface area (Å²) < 4.78 is 5.47. The molecule has 1 saturated heterocycles.